The van der Waals surface area contributed by atoms with E-state index in [0.29, 0.717) is 12.8 Å². The second-order valence-electron chi connectivity index (χ2n) is 3.85. The van der Waals surface area contributed by atoms with Gasteiger partial charge in [-0.2, -0.15) is 0 Å². The molecule has 0 spiro atoms. The molecule has 6 heteroatoms. The monoisotopic (exact) mass is 235 g/mol. The summed E-state index contributed by atoms with van der Waals surface area (Å²) in [6.45, 7) is 0. The summed E-state index contributed by atoms with van der Waals surface area (Å²) >= 11 is 0. The summed E-state index contributed by atoms with van der Waals surface area (Å²) in [4.78, 5) is 0. The van der Waals surface area contributed by atoms with E-state index in [-0.39, 0.29) is 5.56 Å². The minimum Gasteiger partial charge on any atom is -0.406 e. The molecule has 0 heterocycles. The van der Waals surface area contributed by atoms with Crippen molar-refractivity contribution in [2.75, 3.05) is 0 Å². The smallest absolute Gasteiger partial charge is 0.406 e. The third-order valence-electron chi connectivity index (χ3n) is 2.50. The molecule has 88 valence electrons. The molecule has 0 amide bonds. The maximum Gasteiger partial charge on any atom is 0.573 e. The number of alkyl halides is 3. The van der Waals surface area contributed by atoms with Gasteiger partial charge in [0.15, 0.2) is 0 Å². The van der Waals surface area contributed by atoms with Gasteiger partial charge in [-0.05, 0) is 31.0 Å². The van der Waals surface area contributed by atoms with E-state index in [1.54, 1.807) is 0 Å². The summed E-state index contributed by atoms with van der Waals surface area (Å²) in [7, 11) is 0. The van der Waals surface area contributed by atoms with Crippen LogP contribution in [0.2, 0.25) is 0 Å². The van der Waals surface area contributed by atoms with Crippen LogP contribution in [-0.4, -0.2) is 6.36 Å². The Balaban J connectivity index is 2.29. The van der Waals surface area contributed by atoms with Crippen molar-refractivity contribution in [1.82, 2.24) is 0 Å². The van der Waals surface area contributed by atoms with Crippen LogP contribution >= 0.6 is 0 Å². The highest BCUT2D eigenvalue weighted by molar-refractivity contribution is 5.37. The number of ether oxygens (including phenoxy) is 1. The molecule has 0 bridgehead atoms. The highest BCUT2D eigenvalue weighted by Crippen LogP contribution is 2.44. The zero-order valence-electron chi connectivity index (χ0n) is 8.14. The minimum absolute atomic E-state index is 0.0780. The van der Waals surface area contributed by atoms with Crippen LogP contribution in [-0.2, 0) is 5.54 Å². The molecule has 1 aliphatic rings. The normalized spacial score (nSPS) is 18.3. The summed E-state index contributed by atoms with van der Waals surface area (Å²) in [5.41, 5.74) is 4.98. The SMILES string of the molecule is NC1(c2cc(OC(F)(F)F)ccc2F)CC1. The van der Waals surface area contributed by atoms with Gasteiger partial charge in [0.1, 0.15) is 11.6 Å². The number of rotatable bonds is 2. The predicted octanol–water partition coefficient (Wildman–Crippen LogP) is 2.67. The van der Waals surface area contributed by atoms with Gasteiger partial charge in [0.25, 0.3) is 0 Å². The standard InChI is InChI=1S/C10H9F4NO/c11-8-2-1-6(16-10(12,13)14)5-7(8)9(15)3-4-9/h1-2,5H,3-4,15H2. The Hall–Kier alpha value is -1.30. The predicted molar refractivity (Wildman–Crippen MR) is 48.2 cm³/mol. The highest BCUT2D eigenvalue weighted by Gasteiger charge is 2.42. The zero-order valence-corrected chi connectivity index (χ0v) is 8.14. The Morgan fingerprint density at radius 1 is 1.25 bits per heavy atom. The highest BCUT2D eigenvalue weighted by atomic mass is 19.4. The summed E-state index contributed by atoms with van der Waals surface area (Å²) in [5, 5.41) is 0. The second-order valence-corrected chi connectivity index (χ2v) is 3.85. The van der Waals surface area contributed by atoms with Crippen LogP contribution in [0.15, 0.2) is 18.2 Å². The van der Waals surface area contributed by atoms with Gasteiger partial charge in [0.05, 0.1) is 0 Å². The maximum absolute atomic E-state index is 13.3. The molecule has 2 N–H and O–H groups in total. The molecule has 1 aromatic carbocycles. The van der Waals surface area contributed by atoms with Crippen molar-refractivity contribution in [3.63, 3.8) is 0 Å². The fourth-order valence-electron chi connectivity index (χ4n) is 1.49. The molecule has 0 aliphatic heterocycles. The van der Waals surface area contributed by atoms with Crippen LogP contribution in [0.1, 0.15) is 18.4 Å². The molecule has 0 aromatic heterocycles. The van der Waals surface area contributed by atoms with Crippen molar-refractivity contribution >= 4 is 0 Å². The lowest BCUT2D eigenvalue weighted by Crippen LogP contribution is -2.22. The Morgan fingerprint density at radius 3 is 2.38 bits per heavy atom. The number of benzene rings is 1. The number of hydrogen-bond donors (Lipinski definition) is 1. The zero-order chi connectivity index (χ0) is 12.0. The van der Waals surface area contributed by atoms with Gasteiger partial charge in [-0.3, -0.25) is 0 Å². The first-order valence-electron chi connectivity index (χ1n) is 4.65. The van der Waals surface area contributed by atoms with Gasteiger partial charge in [-0.15, -0.1) is 13.2 Å². The van der Waals surface area contributed by atoms with Gasteiger partial charge in [-0.25, -0.2) is 4.39 Å². The summed E-state index contributed by atoms with van der Waals surface area (Å²) < 4.78 is 52.8. The quantitative estimate of drug-likeness (QED) is 0.800. The third kappa shape index (κ3) is 2.27. The molecular weight excluding hydrogens is 226 g/mol. The Labute approximate surface area is 89.0 Å². The largest absolute Gasteiger partial charge is 0.573 e. The number of halogens is 4. The molecule has 1 saturated carbocycles. The van der Waals surface area contributed by atoms with Gasteiger partial charge < -0.3 is 10.5 Å². The van der Waals surface area contributed by atoms with E-state index in [0.717, 1.165) is 18.2 Å². The molecule has 0 saturated heterocycles. The van der Waals surface area contributed by atoms with E-state index in [9.17, 15) is 17.6 Å². The lowest BCUT2D eigenvalue weighted by atomic mass is 10.1. The van der Waals surface area contributed by atoms with Crippen LogP contribution in [0.5, 0.6) is 5.75 Å². The van der Waals surface area contributed by atoms with Crippen LogP contribution in [0.4, 0.5) is 17.6 Å². The first-order valence-corrected chi connectivity index (χ1v) is 4.65. The van der Waals surface area contributed by atoms with Gasteiger partial charge in [0, 0.05) is 11.1 Å². The van der Waals surface area contributed by atoms with E-state index in [4.69, 9.17) is 5.73 Å². The van der Waals surface area contributed by atoms with Crippen molar-refractivity contribution < 1.29 is 22.3 Å². The number of hydrogen-bond acceptors (Lipinski definition) is 2. The minimum atomic E-state index is -4.78. The Morgan fingerprint density at radius 2 is 1.88 bits per heavy atom. The fourth-order valence-corrected chi connectivity index (χ4v) is 1.49. The number of nitrogens with two attached hydrogens (primary N) is 1. The molecule has 0 atom stereocenters. The molecule has 1 fully saturated rings. The molecule has 16 heavy (non-hydrogen) atoms. The van der Waals surface area contributed by atoms with Crippen molar-refractivity contribution in [2.24, 2.45) is 5.73 Å². The first-order chi connectivity index (χ1) is 7.30. The second kappa shape index (κ2) is 3.35. The summed E-state index contributed by atoms with van der Waals surface area (Å²) in [5.74, 6) is -1.05. The van der Waals surface area contributed by atoms with E-state index in [2.05, 4.69) is 4.74 Å². The molecule has 2 rings (SSSR count). The van der Waals surface area contributed by atoms with Crippen LogP contribution in [0.25, 0.3) is 0 Å². The maximum atomic E-state index is 13.3. The van der Waals surface area contributed by atoms with Crippen molar-refractivity contribution in [3.05, 3.63) is 29.6 Å². The molecule has 1 aromatic rings. The van der Waals surface area contributed by atoms with Crippen molar-refractivity contribution in [1.29, 1.82) is 0 Å². The van der Waals surface area contributed by atoms with Crippen molar-refractivity contribution in [3.8, 4) is 5.75 Å². The van der Waals surface area contributed by atoms with E-state index >= 15 is 0 Å². The van der Waals surface area contributed by atoms with Gasteiger partial charge in [0.2, 0.25) is 0 Å². The fraction of sp³-hybridized carbons (Fsp3) is 0.400. The van der Waals surface area contributed by atoms with Crippen LogP contribution < -0.4 is 10.5 Å². The van der Waals surface area contributed by atoms with E-state index in [1.807, 2.05) is 0 Å². The lowest BCUT2D eigenvalue weighted by molar-refractivity contribution is -0.274. The van der Waals surface area contributed by atoms with E-state index < -0.39 is 23.5 Å². The molecule has 0 unspecified atom stereocenters. The molecule has 0 radical (unpaired) electrons. The molecular formula is C10H9F4NO. The topological polar surface area (TPSA) is 35.2 Å². The summed E-state index contributed by atoms with van der Waals surface area (Å²) in [6, 6.07) is 2.87. The summed E-state index contributed by atoms with van der Waals surface area (Å²) in [6.07, 6.45) is -3.64. The third-order valence-corrected chi connectivity index (χ3v) is 2.50. The van der Waals surface area contributed by atoms with E-state index in [1.165, 1.54) is 0 Å². The average Bonchev–Trinajstić information content (AvgIpc) is 2.86. The van der Waals surface area contributed by atoms with Crippen LogP contribution in [0.3, 0.4) is 0 Å². The van der Waals surface area contributed by atoms with Gasteiger partial charge in [-0.1, -0.05) is 0 Å². The van der Waals surface area contributed by atoms with Crippen molar-refractivity contribution in [2.45, 2.75) is 24.7 Å². The molecule has 2 nitrogen and oxygen atoms in total. The first kappa shape index (κ1) is 11.2. The average molecular weight is 235 g/mol. The Bertz CT molecular complexity index is 412. The Kier molecular flexibility index (Phi) is 2.34. The lowest BCUT2D eigenvalue weighted by Gasteiger charge is -2.14. The molecule has 1 aliphatic carbocycles. The van der Waals surface area contributed by atoms with Crippen LogP contribution in [0, 0.1) is 5.82 Å². The van der Waals surface area contributed by atoms with Gasteiger partial charge >= 0.3 is 6.36 Å².